The molecule has 1 aromatic carbocycles. The molecule has 1 fully saturated rings. The molecule has 3 heterocycles. The fourth-order valence-electron chi connectivity index (χ4n) is 3.65. The third kappa shape index (κ3) is 3.93. The number of piperidine rings is 1. The van der Waals surface area contributed by atoms with E-state index in [9.17, 15) is 0 Å². The first kappa shape index (κ1) is 16.4. The Bertz CT molecular complexity index is 718. The van der Waals surface area contributed by atoms with Gasteiger partial charge in [0.15, 0.2) is 11.5 Å². The number of likely N-dealkylation sites (tertiary alicyclic amines) is 1. The summed E-state index contributed by atoms with van der Waals surface area (Å²) in [5, 5.41) is 17.2. The van der Waals surface area contributed by atoms with E-state index in [2.05, 4.69) is 27.3 Å². The van der Waals surface area contributed by atoms with Gasteiger partial charge in [-0.1, -0.05) is 11.3 Å². The average molecular weight is 344 g/mol. The number of rotatable bonds is 5. The number of fused-ring (bicyclic) bond motifs is 1. The van der Waals surface area contributed by atoms with Crippen LogP contribution in [0.2, 0.25) is 0 Å². The second kappa shape index (κ2) is 7.41. The Morgan fingerprint density at radius 1 is 1.20 bits per heavy atom. The summed E-state index contributed by atoms with van der Waals surface area (Å²) in [6.45, 7) is 5.13. The number of aromatic nitrogens is 3. The summed E-state index contributed by atoms with van der Waals surface area (Å²) < 4.78 is 13.1. The Hall–Kier alpha value is -2.12. The van der Waals surface area contributed by atoms with E-state index < -0.39 is 0 Å². The van der Waals surface area contributed by atoms with E-state index in [0.717, 1.165) is 37.7 Å². The van der Waals surface area contributed by atoms with Gasteiger partial charge in [-0.3, -0.25) is 9.58 Å². The largest absolute Gasteiger partial charge is 0.486 e. The van der Waals surface area contributed by atoms with Crippen molar-refractivity contribution in [3.05, 3.63) is 35.7 Å². The third-order valence-electron chi connectivity index (χ3n) is 4.81. The van der Waals surface area contributed by atoms with Gasteiger partial charge in [0.25, 0.3) is 0 Å². The molecular weight excluding hydrogens is 320 g/mol. The van der Waals surface area contributed by atoms with Gasteiger partial charge >= 0.3 is 0 Å². The summed E-state index contributed by atoms with van der Waals surface area (Å²) in [5.41, 5.74) is 1.89. The van der Waals surface area contributed by atoms with Crippen molar-refractivity contribution in [3.63, 3.8) is 0 Å². The van der Waals surface area contributed by atoms with Crippen LogP contribution in [-0.4, -0.2) is 51.3 Å². The van der Waals surface area contributed by atoms with Crippen LogP contribution in [0.25, 0.3) is 0 Å². The molecule has 0 spiro atoms. The van der Waals surface area contributed by atoms with Gasteiger partial charge in [0, 0.05) is 19.6 Å². The van der Waals surface area contributed by atoms with E-state index in [4.69, 9.17) is 14.6 Å². The van der Waals surface area contributed by atoms with Crippen molar-refractivity contribution in [2.45, 2.75) is 32.5 Å². The smallest absolute Gasteiger partial charge is 0.161 e. The molecule has 1 unspecified atom stereocenters. The monoisotopic (exact) mass is 344 g/mol. The van der Waals surface area contributed by atoms with Crippen LogP contribution in [0.4, 0.5) is 0 Å². The molecule has 0 amide bonds. The lowest BCUT2D eigenvalue weighted by molar-refractivity contribution is 0.151. The SMILES string of the molecule is OCc1cn(CC2CCCN(Cc3ccc4c(c3)OCCO4)C2)nn1. The second-order valence-electron chi connectivity index (χ2n) is 6.81. The zero-order valence-corrected chi connectivity index (χ0v) is 14.3. The molecule has 4 rings (SSSR count). The van der Waals surface area contributed by atoms with Gasteiger partial charge < -0.3 is 14.6 Å². The van der Waals surface area contributed by atoms with Crippen molar-refractivity contribution in [3.8, 4) is 11.5 Å². The van der Waals surface area contributed by atoms with Gasteiger partial charge in [-0.25, -0.2) is 0 Å². The van der Waals surface area contributed by atoms with Crippen LogP contribution >= 0.6 is 0 Å². The highest BCUT2D eigenvalue weighted by molar-refractivity contribution is 5.43. The number of benzene rings is 1. The van der Waals surface area contributed by atoms with Crippen LogP contribution in [0.3, 0.4) is 0 Å². The summed E-state index contributed by atoms with van der Waals surface area (Å²) in [6, 6.07) is 6.24. The molecule has 0 aliphatic carbocycles. The lowest BCUT2D eigenvalue weighted by Crippen LogP contribution is -2.36. The van der Waals surface area contributed by atoms with Gasteiger partial charge in [-0.15, -0.1) is 5.10 Å². The van der Waals surface area contributed by atoms with Gasteiger partial charge in [-0.05, 0) is 43.0 Å². The molecule has 0 radical (unpaired) electrons. The lowest BCUT2D eigenvalue weighted by atomic mass is 9.97. The minimum absolute atomic E-state index is 0.0547. The molecule has 1 aromatic heterocycles. The minimum Gasteiger partial charge on any atom is -0.486 e. The van der Waals surface area contributed by atoms with Crippen LogP contribution in [0, 0.1) is 5.92 Å². The number of hydrogen-bond acceptors (Lipinski definition) is 6. The number of hydrogen-bond donors (Lipinski definition) is 1. The van der Waals surface area contributed by atoms with Gasteiger partial charge in [0.1, 0.15) is 18.9 Å². The maximum atomic E-state index is 9.10. The van der Waals surface area contributed by atoms with E-state index in [0.29, 0.717) is 24.8 Å². The highest BCUT2D eigenvalue weighted by Crippen LogP contribution is 2.31. The minimum atomic E-state index is -0.0547. The molecule has 1 atom stereocenters. The number of nitrogens with zero attached hydrogens (tertiary/aromatic N) is 4. The van der Waals surface area contributed by atoms with Crippen molar-refractivity contribution in [1.29, 1.82) is 0 Å². The molecule has 0 bridgehead atoms. The zero-order valence-electron chi connectivity index (χ0n) is 14.3. The fraction of sp³-hybridized carbons (Fsp3) is 0.556. The summed E-state index contributed by atoms with van der Waals surface area (Å²) in [4.78, 5) is 2.49. The molecule has 7 heteroatoms. The van der Waals surface area contributed by atoms with Crippen molar-refractivity contribution in [2.75, 3.05) is 26.3 Å². The standard InChI is InChI=1S/C18H24N4O3/c23-13-16-12-22(20-19-16)11-15-2-1-5-21(10-15)9-14-3-4-17-18(8-14)25-7-6-24-17/h3-4,8,12,15,23H,1-2,5-7,9-11,13H2. The highest BCUT2D eigenvalue weighted by atomic mass is 16.6. The summed E-state index contributed by atoms with van der Waals surface area (Å²) in [5.74, 6) is 2.26. The van der Waals surface area contributed by atoms with Crippen molar-refractivity contribution < 1.29 is 14.6 Å². The summed E-state index contributed by atoms with van der Waals surface area (Å²) >= 11 is 0. The van der Waals surface area contributed by atoms with Gasteiger partial charge in [0.05, 0.1) is 12.8 Å². The zero-order chi connectivity index (χ0) is 17.1. The molecule has 2 aliphatic heterocycles. The van der Waals surface area contributed by atoms with E-state index in [1.165, 1.54) is 18.4 Å². The molecule has 7 nitrogen and oxygen atoms in total. The second-order valence-corrected chi connectivity index (χ2v) is 6.81. The number of ether oxygens (including phenoxy) is 2. The Kier molecular flexibility index (Phi) is 4.85. The van der Waals surface area contributed by atoms with Crippen LogP contribution in [0.1, 0.15) is 24.1 Å². The van der Waals surface area contributed by atoms with Crippen molar-refractivity contribution in [2.24, 2.45) is 5.92 Å². The molecular formula is C18H24N4O3. The van der Waals surface area contributed by atoms with Crippen molar-refractivity contribution >= 4 is 0 Å². The van der Waals surface area contributed by atoms with E-state index >= 15 is 0 Å². The maximum absolute atomic E-state index is 9.10. The maximum Gasteiger partial charge on any atom is 0.161 e. The normalized spacial score (nSPS) is 20.6. The first-order chi connectivity index (χ1) is 12.3. The van der Waals surface area contributed by atoms with Gasteiger partial charge in [0.2, 0.25) is 0 Å². The Morgan fingerprint density at radius 2 is 2.08 bits per heavy atom. The van der Waals surface area contributed by atoms with Crippen LogP contribution in [0.15, 0.2) is 24.4 Å². The van der Waals surface area contributed by atoms with Crippen molar-refractivity contribution in [1.82, 2.24) is 19.9 Å². The van der Waals surface area contributed by atoms with E-state index in [1.807, 2.05) is 16.9 Å². The highest BCUT2D eigenvalue weighted by Gasteiger charge is 2.21. The molecule has 1 N–H and O–H groups in total. The van der Waals surface area contributed by atoms with Crippen LogP contribution in [0.5, 0.6) is 11.5 Å². The number of aliphatic hydroxyl groups excluding tert-OH is 1. The summed E-state index contributed by atoms with van der Waals surface area (Å²) in [7, 11) is 0. The topological polar surface area (TPSA) is 72.6 Å². The predicted octanol–water partition coefficient (Wildman–Crippen LogP) is 1.45. The molecule has 2 aromatic rings. The lowest BCUT2D eigenvalue weighted by Gasteiger charge is -2.32. The Morgan fingerprint density at radius 3 is 2.92 bits per heavy atom. The fourth-order valence-corrected chi connectivity index (χ4v) is 3.65. The number of aliphatic hydroxyl groups is 1. The molecule has 134 valence electrons. The first-order valence-corrected chi connectivity index (χ1v) is 8.91. The van der Waals surface area contributed by atoms with Crippen LogP contribution < -0.4 is 9.47 Å². The molecule has 0 saturated carbocycles. The average Bonchev–Trinajstić information content (AvgIpc) is 3.09. The molecule has 1 saturated heterocycles. The third-order valence-corrected chi connectivity index (χ3v) is 4.81. The quantitative estimate of drug-likeness (QED) is 0.885. The predicted molar refractivity (Wildman–Crippen MR) is 91.4 cm³/mol. The Balaban J connectivity index is 1.36. The summed E-state index contributed by atoms with van der Waals surface area (Å²) in [6.07, 6.45) is 4.22. The van der Waals surface area contributed by atoms with Gasteiger partial charge in [-0.2, -0.15) is 0 Å². The molecule has 2 aliphatic rings. The van der Waals surface area contributed by atoms with Crippen LogP contribution in [-0.2, 0) is 19.7 Å². The first-order valence-electron chi connectivity index (χ1n) is 8.91. The Labute approximate surface area is 147 Å². The van der Waals surface area contributed by atoms with E-state index in [1.54, 1.807) is 0 Å². The van der Waals surface area contributed by atoms with E-state index in [-0.39, 0.29) is 6.61 Å². The molecule has 25 heavy (non-hydrogen) atoms.